The molecule has 0 fully saturated rings. The van der Waals surface area contributed by atoms with E-state index < -0.39 is 0 Å². The van der Waals surface area contributed by atoms with Gasteiger partial charge in [0.1, 0.15) is 5.60 Å². The summed E-state index contributed by atoms with van der Waals surface area (Å²) in [6.45, 7) is 5.92. The zero-order valence-electron chi connectivity index (χ0n) is 8.33. The van der Waals surface area contributed by atoms with Crippen LogP contribution in [0.4, 0.5) is 0 Å². The average molecular weight is 175 g/mol. The van der Waals surface area contributed by atoms with Crippen LogP contribution in [0.15, 0.2) is 0 Å². The average Bonchev–Trinajstić information content (AvgIpc) is 1.86. The van der Waals surface area contributed by atoms with Gasteiger partial charge >= 0.3 is 0 Å². The van der Waals surface area contributed by atoms with E-state index in [4.69, 9.17) is 0 Å². The molecule has 4 heteroatoms. The second-order valence-corrected chi connectivity index (χ2v) is 3.40. The smallest absolute Gasteiger partial charge is 0.293 e. The molecule has 0 aromatic carbocycles. The molecule has 0 aromatic rings. The van der Waals surface area contributed by atoms with Gasteiger partial charge in [-0.1, -0.05) is 0 Å². The molecule has 0 saturated carbocycles. The largest absolute Gasteiger partial charge is 0.462 e. The summed E-state index contributed by atoms with van der Waals surface area (Å²) < 4.78 is 4.55. The number of ether oxygens (including phenoxy) is 1. The van der Waals surface area contributed by atoms with Crippen molar-refractivity contribution in [3.63, 3.8) is 0 Å². The van der Waals surface area contributed by atoms with Crippen molar-refractivity contribution in [1.29, 1.82) is 0 Å². The Morgan fingerprint density at radius 3 is 1.50 bits per heavy atom. The second kappa shape index (κ2) is 6.64. The first-order chi connectivity index (χ1) is 5.33. The van der Waals surface area contributed by atoms with Crippen molar-refractivity contribution in [2.45, 2.75) is 26.4 Å². The Kier molecular flexibility index (Phi) is 7.48. The van der Waals surface area contributed by atoms with Crippen LogP contribution in [-0.2, 0) is 14.3 Å². The van der Waals surface area contributed by atoms with Gasteiger partial charge in [-0.25, -0.2) is 0 Å². The standard InChI is InChI=1S/C5H10O2.C3H7NO/c1-5(2,3)7-4-6;1-4(2)3-5/h4H,1-3H3;3H,1-2H3. The number of hydrogen-bond acceptors (Lipinski definition) is 3. The highest BCUT2D eigenvalue weighted by Gasteiger charge is 2.07. The lowest BCUT2D eigenvalue weighted by atomic mass is 10.2. The maximum atomic E-state index is 9.60. The van der Waals surface area contributed by atoms with Crippen LogP contribution >= 0.6 is 0 Å². The Morgan fingerprint density at radius 2 is 1.50 bits per heavy atom. The third-order valence-corrected chi connectivity index (χ3v) is 0.612. The molecule has 0 aromatic heterocycles. The quantitative estimate of drug-likeness (QED) is 0.579. The molecule has 0 N–H and O–H groups in total. The van der Waals surface area contributed by atoms with Crippen LogP contribution in [0.2, 0.25) is 0 Å². The highest BCUT2D eigenvalue weighted by Crippen LogP contribution is 2.02. The van der Waals surface area contributed by atoms with Crippen LogP contribution < -0.4 is 0 Å². The number of amides is 1. The summed E-state index contributed by atoms with van der Waals surface area (Å²) in [4.78, 5) is 20.5. The van der Waals surface area contributed by atoms with Crippen LogP contribution in [0.1, 0.15) is 20.8 Å². The van der Waals surface area contributed by atoms with Gasteiger partial charge in [0.2, 0.25) is 6.41 Å². The molecule has 0 spiro atoms. The first-order valence-electron chi connectivity index (χ1n) is 3.56. The predicted octanol–water partition coefficient (Wildman–Crippen LogP) is 0.662. The van der Waals surface area contributed by atoms with Gasteiger partial charge < -0.3 is 9.64 Å². The monoisotopic (exact) mass is 175 g/mol. The Labute approximate surface area is 73.5 Å². The molecule has 0 heterocycles. The van der Waals surface area contributed by atoms with Crippen LogP contribution in [0.5, 0.6) is 0 Å². The van der Waals surface area contributed by atoms with Gasteiger partial charge in [-0.05, 0) is 20.8 Å². The minimum Gasteiger partial charge on any atom is -0.462 e. The molecular formula is C8H17NO3. The highest BCUT2D eigenvalue weighted by atomic mass is 16.5. The Morgan fingerprint density at radius 1 is 1.17 bits per heavy atom. The van der Waals surface area contributed by atoms with Crippen molar-refractivity contribution in [2.24, 2.45) is 0 Å². The van der Waals surface area contributed by atoms with Crippen LogP contribution in [0, 0.1) is 0 Å². The minimum absolute atomic E-state index is 0.318. The topological polar surface area (TPSA) is 46.6 Å². The van der Waals surface area contributed by atoms with Crippen molar-refractivity contribution >= 4 is 12.9 Å². The molecule has 12 heavy (non-hydrogen) atoms. The Balaban J connectivity index is 0. The first kappa shape index (κ1) is 13.5. The zero-order valence-corrected chi connectivity index (χ0v) is 8.33. The number of nitrogens with zero attached hydrogens (tertiary/aromatic N) is 1. The first-order valence-corrected chi connectivity index (χ1v) is 3.56. The third-order valence-electron chi connectivity index (χ3n) is 0.612. The molecule has 0 aliphatic heterocycles. The maximum absolute atomic E-state index is 9.60. The van der Waals surface area contributed by atoms with Crippen LogP contribution in [-0.4, -0.2) is 37.5 Å². The number of carbonyl (C=O) groups excluding carboxylic acids is 2. The summed E-state index contributed by atoms with van der Waals surface area (Å²) >= 11 is 0. The summed E-state index contributed by atoms with van der Waals surface area (Å²) in [5.74, 6) is 0. The van der Waals surface area contributed by atoms with Crippen molar-refractivity contribution < 1.29 is 14.3 Å². The summed E-state index contributed by atoms with van der Waals surface area (Å²) in [5, 5.41) is 0. The number of carbonyl (C=O) groups is 2. The maximum Gasteiger partial charge on any atom is 0.293 e. The number of rotatable bonds is 2. The summed E-state index contributed by atoms with van der Waals surface area (Å²) in [6, 6.07) is 0. The van der Waals surface area contributed by atoms with Gasteiger partial charge in [-0.2, -0.15) is 0 Å². The SMILES string of the molecule is CC(C)(C)OC=O.CN(C)C=O. The van der Waals surface area contributed by atoms with E-state index in [2.05, 4.69) is 4.74 Å². The van der Waals surface area contributed by atoms with Crippen molar-refractivity contribution in [3.8, 4) is 0 Å². The normalized spacial score (nSPS) is 9.08. The summed E-state index contributed by atoms with van der Waals surface area (Å²) in [5.41, 5.74) is -0.318. The van der Waals surface area contributed by atoms with Gasteiger partial charge in [0.15, 0.2) is 0 Å². The highest BCUT2D eigenvalue weighted by molar-refractivity contribution is 5.45. The fourth-order valence-corrected chi connectivity index (χ4v) is 0.144. The van der Waals surface area contributed by atoms with Gasteiger partial charge in [0, 0.05) is 14.1 Å². The zero-order chi connectivity index (χ0) is 10.2. The van der Waals surface area contributed by atoms with Crippen molar-refractivity contribution in [1.82, 2.24) is 4.90 Å². The molecule has 0 rings (SSSR count). The lowest BCUT2D eigenvalue weighted by Gasteiger charge is -2.14. The van der Waals surface area contributed by atoms with E-state index >= 15 is 0 Å². The molecule has 0 bridgehead atoms. The molecule has 0 atom stereocenters. The van der Waals surface area contributed by atoms with Gasteiger partial charge in [-0.15, -0.1) is 0 Å². The van der Waals surface area contributed by atoms with E-state index in [1.54, 1.807) is 14.1 Å². The molecule has 0 radical (unpaired) electrons. The molecule has 0 unspecified atom stereocenters. The van der Waals surface area contributed by atoms with Crippen LogP contribution in [0.3, 0.4) is 0 Å². The van der Waals surface area contributed by atoms with Gasteiger partial charge in [-0.3, -0.25) is 9.59 Å². The lowest BCUT2D eigenvalue weighted by Crippen LogP contribution is -2.17. The van der Waals surface area contributed by atoms with E-state index in [0.29, 0.717) is 6.47 Å². The summed E-state index contributed by atoms with van der Waals surface area (Å²) in [6.07, 6.45) is 0.750. The van der Waals surface area contributed by atoms with Gasteiger partial charge in [0.25, 0.3) is 6.47 Å². The Bertz CT molecular complexity index is 127. The minimum atomic E-state index is -0.318. The van der Waals surface area contributed by atoms with E-state index in [1.165, 1.54) is 4.90 Å². The molecule has 4 nitrogen and oxygen atoms in total. The van der Waals surface area contributed by atoms with E-state index in [1.807, 2.05) is 20.8 Å². The van der Waals surface area contributed by atoms with E-state index in [-0.39, 0.29) is 5.60 Å². The van der Waals surface area contributed by atoms with Gasteiger partial charge in [0.05, 0.1) is 0 Å². The van der Waals surface area contributed by atoms with Crippen molar-refractivity contribution in [2.75, 3.05) is 14.1 Å². The molecular weight excluding hydrogens is 158 g/mol. The fraction of sp³-hybridized carbons (Fsp3) is 0.750. The predicted molar refractivity (Wildman–Crippen MR) is 46.7 cm³/mol. The summed E-state index contributed by atoms with van der Waals surface area (Å²) in [7, 11) is 3.38. The van der Waals surface area contributed by atoms with E-state index in [0.717, 1.165) is 6.41 Å². The fourth-order valence-electron chi connectivity index (χ4n) is 0.144. The molecule has 0 aliphatic rings. The second-order valence-electron chi connectivity index (χ2n) is 3.40. The number of hydrogen-bond donors (Lipinski definition) is 0. The molecule has 0 aliphatic carbocycles. The van der Waals surface area contributed by atoms with E-state index in [9.17, 15) is 9.59 Å². The Hall–Kier alpha value is -1.06. The van der Waals surface area contributed by atoms with Crippen LogP contribution in [0.25, 0.3) is 0 Å². The van der Waals surface area contributed by atoms with Crippen molar-refractivity contribution in [3.05, 3.63) is 0 Å². The molecule has 72 valence electrons. The molecule has 0 saturated heterocycles. The third kappa shape index (κ3) is 23.1. The molecule has 1 amide bonds. The lowest BCUT2D eigenvalue weighted by molar-refractivity contribution is -0.138.